The zero-order chi connectivity index (χ0) is 17.3. The van der Waals surface area contributed by atoms with Crippen LogP contribution in [0.2, 0.25) is 0 Å². The fraction of sp³-hybridized carbons (Fsp3) is 0.941. The second-order valence-electron chi connectivity index (χ2n) is 5.76. The molecule has 0 saturated carbocycles. The van der Waals surface area contributed by atoms with Gasteiger partial charge in [-0.2, -0.15) is 0 Å². The second-order valence-corrected chi connectivity index (χ2v) is 5.76. The summed E-state index contributed by atoms with van der Waals surface area (Å²) in [6.07, 6.45) is 3.38. The van der Waals surface area contributed by atoms with Crippen LogP contribution in [0.1, 0.15) is 40.0 Å². The molecule has 0 radical (unpaired) electrons. The monoisotopic (exact) mass is 459 g/mol. The maximum atomic E-state index is 5.75. The number of guanidine groups is 1. The summed E-state index contributed by atoms with van der Waals surface area (Å²) >= 11 is 0. The lowest BCUT2D eigenvalue weighted by molar-refractivity contribution is 0.0258. The van der Waals surface area contributed by atoms with Gasteiger partial charge in [0.05, 0.1) is 19.3 Å². The number of halogens is 1. The van der Waals surface area contributed by atoms with E-state index in [1.54, 1.807) is 14.2 Å². The lowest BCUT2D eigenvalue weighted by Gasteiger charge is -2.21. The molecule has 0 bridgehead atoms. The molecule has 0 fully saturated rings. The van der Waals surface area contributed by atoms with E-state index in [0.29, 0.717) is 25.2 Å². The van der Waals surface area contributed by atoms with Gasteiger partial charge in [0.15, 0.2) is 5.96 Å². The van der Waals surface area contributed by atoms with E-state index in [1.807, 2.05) is 6.92 Å². The lowest BCUT2D eigenvalue weighted by atomic mass is 10.0. The Labute approximate surface area is 165 Å². The van der Waals surface area contributed by atoms with Crippen LogP contribution < -0.4 is 10.6 Å². The van der Waals surface area contributed by atoms with E-state index in [4.69, 9.17) is 14.2 Å². The molecular formula is C17H38IN3O3. The SMILES string of the molecule is CCOC(CCNC(=NC)NCCCCOCCOC)C(C)C.I. The summed E-state index contributed by atoms with van der Waals surface area (Å²) < 4.78 is 16.1. The van der Waals surface area contributed by atoms with Crippen LogP contribution >= 0.6 is 24.0 Å². The molecule has 0 aliphatic heterocycles. The predicted molar refractivity (Wildman–Crippen MR) is 112 cm³/mol. The smallest absolute Gasteiger partial charge is 0.190 e. The number of nitrogens with one attached hydrogen (secondary N) is 2. The Morgan fingerprint density at radius 2 is 1.75 bits per heavy atom. The van der Waals surface area contributed by atoms with Crippen molar-refractivity contribution in [1.29, 1.82) is 0 Å². The Balaban J connectivity index is 0. The van der Waals surface area contributed by atoms with Crippen molar-refractivity contribution in [3.05, 3.63) is 0 Å². The minimum Gasteiger partial charge on any atom is -0.382 e. The quantitative estimate of drug-likeness (QED) is 0.181. The molecule has 0 amide bonds. The third-order valence-electron chi connectivity index (χ3n) is 3.51. The van der Waals surface area contributed by atoms with Gasteiger partial charge in [-0.3, -0.25) is 4.99 Å². The summed E-state index contributed by atoms with van der Waals surface area (Å²) in [5.74, 6) is 1.38. The molecule has 0 aliphatic carbocycles. The Morgan fingerprint density at radius 1 is 1.04 bits per heavy atom. The normalized spacial score (nSPS) is 12.8. The molecule has 24 heavy (non-hydrogen) atoms. The van der Waals surface area contributed by atoms with Crippen molar-refractivity contribution in [2.24, 2.45) is 10.9 Å². The first kappa shape index (κ1) is 26.1. The minimum atomic E-state index is 0. The Morgan fingerprint density at radius 3 is 2.33 bits per heavy atom. The van der Waals surface area contributed by atoms with Crippen molar-refractivity contribution in [3.8, 4) is 0 Å². The van der Waals surface area contributed by atoms with Crippen LogP contribution in [-0.2, 0) is 14.2 Å². The maximum Gasteiger partial charge on any atom is 0.190 e. The van der Waals surface area contributed by atoms with Crippen LogP contribution in [-0.4, -0.2) is 65.7 Å². The summed E-state index contributed by atoms with van der Waals surface area (Å²) in [5.41, 5.74) is 0. The predicted octanol–water partition coefficient (Wildman–Crippen LogP) is 2.66. The van der Waals surface area contributed by atoms with Crippen molar-refractivity contribution in [3.63, 3.8) is 0 Å². The van der Waals surface area contributed by atoms with Gasteiger partial charge in [-0.15, -0.1) is 24.0 Å². The van der Waals surface area contributed by atoms with Crippen molar-refractivity contribution >= 4 is 29.9 Å². The molecule has 0 aromatic rings. The van der Waals surface area contributed by atoms with Gasteiger partial charge in [0, 0.05) is 40.5 Å². The summed E-state index contributed by atoms with van der Waals surface area (Å²) in [6.45, 7) is 11.1. The van der Waals surface area contributed by atoms with Gasteiger partial charge in [-0.05, 0) is 32.1 Å². The van der Waals surface area contributed by atoms with Crippen LogP contribution in [0.4, 0.5) is 0 Å². The molecule has 0 aromatic carbocycles. The molecule has 2 N–H and O–H groups in total. The molecule has 7 heteroatoms. The molecular weight excluding hydrogens is 421 g/mol. The number of unbranched alkanes of at least 4 members (excludes halogenated alkanes) is 1. The van der Waals surface area contributed by atoms with E-state index >= 15 is 0 Å². The molecule has 0 aromatic heterocycles. The summed E-state index contributed by atoms with van der Waals surface area (Å²) in [4.78, 5) is 4.24. The number of rotatable bonds is 14. The van der Waals surface area contributed by atoms with Gasteiger partial charge in [0.2, 0.25) is 0 Å². The maximum absolute atomic E-state index is 5.75. The standard InChI is InChI=1S/C17H37N3O3.HI/c1-6-23-16(15(2)3)9-11-20-17(18-4)19-10-7-8-12-22-14-13-21-5;/h15-16H,6-14H2,1-5H3,(H2,18,19,20);1H. The molecule has 146 valence electrons. The van der Waals surface area contributed by atoms with Crippen molar-refractivity contribution in [2.75, 3.05) is 53.7 Å². The molecule has 1 atom stereocenters. The Hall–Kier alpha value is -0.120. The molecule has 0 rings (SSSR count). The first-order chi connectivity index (χ1) is 11.2. The fourth-order valence-electron chi connectivity index (χ4n) is 2.16. The van der Waals surface area contributed by atoms with Crippen molar-refractivity contribution < 1.29 is 14.2 Å². The van der Waals surface area contributed by atoms with Gasteiger partial charge >= 0.3 is 0 Å². The number of methoxy groups -OCH3 is 1. The van der Waals surface area contributed by atoms with E-state index in [2.05, 4.69) is 29.5 Å². The first-order valence-electron chi connectivity index (χ1n) is 8.78. The highest BCUT2D eigenvalue weighted by atomic mass is 127. The number of hydrogen-bond acceptors (Lipinski definition) is 4. The number of aliphatic imine (C=N–C) groups is 1. The number of nitrogens with zero attached hydrogens (tertiary/aromatic N) is 1. The van der Waals surface area contributed by atoms with E-state index in [1.165, 1.54) is 0 Å². The minimum absolute atomic E-state index is 0. The van der Waals surface area contributed by atoms with Crippen LogP contribution in [0.5, 0.6) is 0 Å². The van der Waals surface area contributed by atoms with Gasteiger partial charge in [0.1, 0.15) is 0 Å². The topological polar surface area (TPSA) is 64.1 Å². The highest BCUT2D eigenvalue weighted by Gasteiger charge is 2.12. The fourth-order valence-corrected chi connectivity index (χ4v) is 2.16. The third-order valence-corrected chi connectivity index (χ3v) is 3.51. The lowest BCUT2D eigenvalue weighted by Crippen LogP contribution is -2.39. The van der Waals surface area contributed by atoms with Crippen LogP contribution in [0.25, 0.3) is 0 Å². The van der Waals surface area contributed by atoms with E-state index in [0.717, 1.165) is 51.5 Å². The highest BCUT2D eigenvalue weighted by Crippen LogP contribution is 2.09. The van der Waals surface area contributed by atoms with E-state index in [9.17, 15) is 0 Å². The summed E-state index contributed by atoms with van der Waals surface area (Å²) in [7, 11) is 3.48. The second kappa shape index (κ2) is 19.2. The largest absolute Gasteiger partial charge is 0.382 e. The molecule has 0 spiro atoms. The zero-order valence-electron chi connectivity index (χ0n) is 16.1. The van der Waals surface area contributed by atoms with Crippen LogP contribution in [0, 0.1) is 5.92 Å². The van der Waals surface area contributed by atoms with E-state index in [-0.39, 0.29) is 24.0 Å². The molecule has 0 heterocycles. The number of ether oxygens (including phenoxy) is 3. The van der Waals surface area contributed by atoms with Gasteiger partial charge < -0.3 is 24.8 Å². The zero-order valence-corrected chi connectivity index (χ0v) is 18.4. The Kier molecular flexibility index (Phi) is 20.9. The third kappa shape index (κ3) is 15.4. The molecule has 1 unspecified atom stereocenters. The van der Waals surface area contributed by atoms with Crippen molar-refractivity contribution in [1.82, 2.24) is 10.6 Å². The Bertz CT molecular complexity index is 292. The van der Waals surface area contributed by atoms with E-state index < -0.39 is 0 Å². The van der Waals surface area contributed by atoms with Crippen molar-refractivity contribution in [2.45, 2.75) is 46.1 Å². The molecule has 6 nitrogen and oxygen atoms in total. The van der Waals surface area contributed by atoms with Gasteiger partial charge in [-0.1, -0.05) is 13.8 Å². The number of hydrogen-bond donors (Lipinski definition) is 2. The average molecular weight is 459 g/mol. The molecule has 0 aliphatic rings. The summed E-state index contributed by atoms with van der Waals surface area (Å²) in [6, 6.07) is 0. The molecule has 0 saturated heterocycles. The summed E-state index contributed by atoms with van der Waals surface area (Å²) in [5, 5.41) is 6.67. The first-order valence-corrected chi connectivity index (χ1v) is 8.78. The average Bonchev–Trinajstić information content (AvgIpc) is 2.54. The van der Waals surface area contributed by atoms with Gasteiger partial charge in [-0.25, -0.2) is 0 Å². The highest BCUT2D eigenvalue weighted by molar-refractivity contribution is 14.0. The van der Waals surface area contributed by atoms with Crippen LogP contribution in [0.15, 0.2) is 4.99 Å². The van der Waals surface area contributed by atoms with Gasteiger partial charge in [0.25, 0.3) is 0 Å². The van der Waals surface area contributed by atoms with Crippen LogP contribution in [0.3, 0.4) is 0 Å².